The minimum atomic E-state index is 0. The van der Waals surface area contributed by atoms with Gasteiger partial charge in [-0.2, -0.15) is 0 Å². The maximum atomic E-state index is 11.9. The number of halogens is 1. The van der Waals surface area contributed by atoms with Crippen LogP contribution in [0.25, 0.3) is 0 Å². The molecule has 106 valence electrons. The summed E-state index contributed by atoms with van der Waals surface area (Å²) in [6.07, 6.45) is 0.422. The number of rotatable bonds is 4. The van der Waals surface area contributed by atoms with Crippen LogP contribution in [0.15, 0.2) is 30.3 Å². The van der Waals surface area contributed by atoms with Crippen LogP contribution in [0, 0.1) is 0 Å². The Bertz CT molecular complexity index is 380. The van der Waals surface area contributed by atoms with Gasteiger partial charge < -0.3 is 15.4 Å². The standard InChI is InChI=1S/C14H20N2O2.ClH/c1-11(12-5-3-2-4-6-12)16-14(17)9-13-10-15-7-8-18-13;/h2-6,11,13,15H,7-10H2,1H3,(H,16,17);1H. The molecule has 19 heavy (non-hydrogen) atoms. The number of hydrogen-bond donors (Lipinski definition) is 2. The molecule has 2 unspecified atom stereocenters. The zero-order chi connectivity index (χ0) is 12.8. The summed E-state index contributed by atoms with van der Waals surface area (Å²) in [4.78, 5) is 11.9. The number of benzene rings is 1. The molecule has 1 amide bonds. The van der Waals surface area contributed by atoms with Gasteiger partial charge in [0.25, 0.3) is 0 Å². The SMILES string of the molecule is CC(NC(=O)CC1CNCCO1)c1ccccc1.Cl. The number of nitrogens with one attached hydrogen (secondary N) is 2. The van der Waals surface area contributed by atoms with E-state index in [1.165, 1.54) is 0 Å². The van der Waals surface area contributed by atoms with Gasteiger partial charge in [0.05, 0.1) is 25.2 Å². The maximum Gasteiger partial charge on any atom is 0.223 e. The second kappa shape index (κ2) is 8.15. The largest absolute Gasteiger partial charge is 0.375 e. The summed E-state index contributed by atoms with van der Waals surface area (Å²) in [7, 11) is 0. The van der Waals surface area contributed by atoms with E-state index in [2.05, 4.69) is 10.6 Å². The second-order valence-corrected chi connectivity index (χ2v) is 4.60. The minimum Gasteiger partial charge on any atom is -0.375 e. The van der Waals surface area contributed by atoms with Crippen molar-refractivity contribution in [3.8, 4) is 0 Å². The third kappa shape index (κ3) is 5.19. The monoisotopic (exact) mass is 284 g/mol. The summed E-state index contributed by atoms with van der Waals surface area (Å²) in [6, 6.07) is 10.0. The first kappa shape index (κ1) is 16.0. The average molecular weight is 285 g/mol. The van der Waals surface area contributed by atoms with Gasteiger partial charge in [-0.25, -0.2) is 0 Å². The van der Waals surface area contributed by atoms with Gasteiger partial charge in [-0.1, -0.05) is 30.3 Å². The van der Waals surface area contributed by atoms with Gasteiger partial charge in [0, 0.05) is 13.1 Å². The molecule has 5 heteroatoms. The van der Waals surface area contributed by atoms with Crippen molar-refractivity contribution in [1.82, 2.24) is 10.6 Å². The molecule has 1 heterocycles. The summed E-state index contributed by atoms with van der Waals surface area (Å²) in [5.74, 6) is 0.0417. The van der Waals surface area contributed by atoms with Crippen LogP contribution < -0.4 is 10.6 Å². The van der Waals surface area contributed by atoms with E-state index in [-0.39, 0.29) is 30.5 Å². The summed E-state index contributed by atoms with van der Waals surface area (Å²) < 4.78 is 5.51. The Hall–Kier alpha value is -1.10. The lowest BCUT2D eigenvalue weighted by Crippen LogP contribution is -2.41. The first-order valence-corrected chi connectivity index (χ1v) is 6.42. The van der Waals surface area contributed by atoms with Crippen molar-refractivity contribution in [3.05, 3.63) is 35.9 Å². The fraction of sp³-hybridized carbons (Fsp3) is 0.500. The van der Waals surface area contributed by atoms with E-state index < -0.39 is 0 Å². The van der Waals surface area contributed by atoms with Crippen LogP contribution in [0.3, 0.4) is 0 Å². The van der Waals surface area contributed by atoms with Crippen molar-refractivity contribution in [2.45, 2.75) is 25.5 Å². The molecule has 0 spiro atoms. The lowest BCUT2D eigenvalue weighted by Gasteiger charge is -2.24. The fourth-order valence-electron chi connectivity index (χ4n) is 2.08. The highest BCUT2D eigenvalue weighted by Crippen LogP contribution is 2.12. The Balaban J connectivity index is 0.00000180. The zero-order valence-corrected chi connectivity index (χ0v) is 11.9. The van der Waals surface area contributed by atoms with Crippen LogP contribution in [0.4, 0.5) is 0 Å². The van der Waals surface area contributed by atoms with Gasteiger partial charge in [0.15, 0.2) is 0 Å². The van der Waals surface area contributed by atoms with E-state index in [4.69, 9.17) is 4.74 Å². The highest BCUT2D eigenvalue weighted by atomic mass is 35.5. The van der Waals surface area contributed by atoms with Crippen LogP contribution in [0.2, 0.25) is 0 Å². The molecule has 2 atom stereocenters. The molecule has 1 aromatic rings. The Labute approximate surface area is 120 Å². The minimum absolute atomic E-state index is 0. The summed E-state index contributed by atoms with van der Waals surface area (Å²) >= 11 is 0. The predicted octanol–water partition coefficient (Wildman–Crippen LogP) is 1.66. The maximum absolute atomic E-state index is 11.9. The van der Waals surface area contributed by atoms with E-state index >= 15 is 0 Å². The van der Waals surface area contributed by atoms with E-state index in [0.29, 0.717) is 13.0 Å². The van der Waals surface area contributed by atoms with Crippen molar-refractivity contribution in [3.63, 3.8) is 0 Å². The third-order valence-electron chi connectivity index (χ3n) is 3.09. The molecule has 0 aliphatic carbocycles. The topological polar surface area (TPSA) is 50.4 Å². The highest BCUT2D eigenvalue weighted by Gasteiger charge is 2.18. The smallest absolute Gasteiger partial charge is 0.223 e. The molecule has 0 bridgehead atoms. The molecule has 1 aromatic carbocycles. The molecule has 1 fully saturated rings. The van der Waals surface area contributed by atoms with Crippen LogP contribution in [-0.2, 0) is 9.53 Å². The number of carbonyl (C=O) groups is 1. The fourth-order valence-corrected chi connectivity index (χ4v) is 2.08. The van der Waals surface area contributed by atoms with Gasteiger partial charge in [-0.05, 0) is 12.5 Å². The van der Waals surface area contributed by atoms with Crippen LogP contribution in [0.5, 0.6) is 0 Å². The second-order valence-electron chi connectivity index (χ2n) is 4.60. The average Bonchev–Trinajstić information content (AvgIpc) is 2.40. The quantitative estimate of drug-likeness (QED) is 0.884. The van der Waals surface area contributed by atoms with E-state index in [1.807, 2.05) is 37.3 Å². The van der Waals surface area contributed by atoms with Crippen molar-refractivity contribution < 1.29 is 9.53 Å². The molecule has 0 saturated carbocycles. The van der Waals surface area contributed by atoms with Crippen LogP contribution in [-0.4, -0.2) is 31.7 Å². The molecule has 4 nitrogen and oxygen atoms in total. The van der Waals surface area contributed by atoms with Crippen molar-refractivity contribution in [2.24, 2.45) is 0 Å². The lowest BCUT2D eigenvalue weighted by atomic mass is 10.1. The van der Waals surface area contributed by atoms with Crippen molar-refractivity contribution in [2.75, 3.05) is 19.7 Å². The highest BCUT2D eigenvalue weighted by molar-refractivity contribution is 5.85. The van der Waals surface area contributed by atoms with Crippen LogP contribution in [0.1, 0.15) is 24.9 Å². The molecule has 2 rings (SSSR count). The molecular weight excluding hydrogens is 264 g/mol. The third-order valence-corrected chi connectivity index (χ3v) is 3.09. The Morgan fingerprint density at radius 1 is 1.47 bits per heavy atom. The molecule has 1 aliphatic rings. The summed E-state index contributed by atoms with van der Waals surface area (Å²) in [5.41, 5.74) is 1.12. The van der Waals surface area contributed by atoms with Gasteiger partial charge in [-0.3, -0.25) is 4.79 Å². The van der Waals surface area contributed by atoms with Crippen molar-refractivity contribution >= 4 is 18.3 Å². The van der Waals surface area contributed by atoms with Gasteiger partial charge >= 0.3 is 0 Å². The van der Waals surface area contributed by atoms with Crippen molar-refractivity contribution in [1.29, 1.82) is 0 Å². The number of hydrogen-bond acceptors (Lipinski definition) is 3. The molecule has 1 aliphatic heterocycles. The first-order chi connectivity index (χ1) is 8.75. The van der Waals surface area contributed by atoms with Gasteiger partial charge in [-0.15, -0.1) is 12.4 Å². The van der Waals surface area contributed by atoms with E-state index in [0.717, 1.165) is 18.7 Å². The molecule has 0 aromatic heterocycles. The molecule has 1 saturated heterocycles. The predicted molar refractivity (Wildman–Crippen MR) is 77.5 cm³/mol. The summed E-state index contributed by atoms with van der Waals surface area (Å²) in [5, 5.41) is 6.22. The number of carbonyl (C=O) groups excluding carboxylic acids is 1. The van der Waals surface area contributed by atoms with Gasteiger partial charge in [0.2, 0.25) is 5.91 Å². The Morgan fingerprint density at radius 3 is 2.84 bits per heavy atom. The Morgan fingerprint density at radius 2 is 2.21 bits per heavy atom. The number of amides is 1. The Kier molecular flexibility index (Phi) is 6.84. The first-order valence-electron chi connectivity index (χ1n) is 6.42. The number of ether oxygens (including phenoxy) is 1. The van der Waals surface area contributed by atoms with E-state index in [1.54, 1.807) is 0 Å². The normalized spacial score (nSPS) is 20.2. The molecule has 0 radical (unpaired) electrons. The summed E-state index contributed by atoms with van der Waals surface area (Å²) in [6.45, 7) is 4.31. The zero-order valence-electron chi connectivity index (χ0n) is 11.1. The number of morpholine rings is 1. The van der Waals surface area contributed by atoms with Gasteiger partial charge in [0.1, 0.15) is 0 Å². The van der Waals surface area contributed by atoms with E-state index in [9.17, 15) is 4.79 Å². The lowest BCUT2D eigenvalue weighted by molar-refractivity contribution is -0.125. The molecular formula is C14H21ClN2O2. The van der Waals surface area contributed by atoms with Crippen LogP contribution >= 0.6 is 12.4 Å². The molecule has 2 N–H and O–H groups in total.